The molecule has 3 aromatic heterocycles. The van der Waals surface area contributed by atoms with Crippen molar-refractivity contribution < 1.29 is 0 Å². The summed E-state index contributed by atoms with van der Waals surface area (Å²) in [6, 6.07) is 66.3. The molecule has 0 saturated heterocycles. The number of fused-ring (bicyclic) bond motifs is 4. The maximum atomic E-state index is 5.40. The van der Waals surface area contributed by atoms with Gasteiger partial charge in [-0.2, -0.15) is 0 Å². The second kappa shape index (κ2) is 12.4. The second-order valence-corrected chi connectivity index (χ2v) is 13.3. The first-order valence-corrected chi connectivity index (χ1v) is 17.6. The zero-order valence-electron chi connectivity index (χ0n) is 28.2. The molecule has 0 aliphatic rings. The van der Waals surface area contributed by atoms with E-state index in [1.807, 2.05) is 12.1 Å². The molecule has 0 bridgehead atoms. The van der Waals surface area contributed by atoms with E-state index in [-0.39, 0.29) is 0 Å². The third kappa shape index (κ3) is 5.37. The summed E-state index contributed by atoms with van der Waals surface area (Å²) in [7, 11) is 0. The van der Waals surface area contributed by atoms with Crippen LogP contribution in [0.3, 0.4) is 0 Å². The number of hydrogen-bond acceptors (Lipinski definition) is 3. The topological polar surface area (TPSA) is 38.7 Å². The Hall–Kier alpha value is -6.97. The number of benzene rings is 7. The highest BCUT2D eigenvalue weighted by Crippen LogP contribution is 2.38. The minimum absolute atomic E-state index is 0.917. The number of aromatic nitrogens is 3. The molecule has 242 valence electrons. The number of rotatable bonds is 5. The summed E-state index contributed by atoms with van der Waals surface area (Å²) < 4.78 is 0. The lowest BCUT2D eigenvalue weighted by molar-refractivity contribution is 1.33. The van der Waals surface area contributed by atoms with Gasteiger partial charge in [-0.15, -0.1) is 0 Å². The van der Waals surface area contributed by atoms with E-state index in [9.17, 15) is 0 Å². The predicted molar refractivity (Wildman–Crippen MR) is 217 cm³/mol. The maximum absolute atomic E-state index is 5.40. The van der Waals surface area contributed by atoms with E-state index >= 15 is 0 Å². The maximum Gasteiger partial charge on any atom is 0.0721 e. The van der Waals surface area contributed by atoms with Gasteiger partial charge in [0.15, 0.2) is 0 Å². The van der Waals surface area contributed by atoms with E-state index in [0.717, 1.165) is 78.0 Å². The molecule has 0 atom stereocenters. The molecule has 0 aliphatic heterocycles. The van der Waals surface area contributed by atoms with Gasteiger partial charge >= 0.3 is 0 Å². The van der Waals surface area contributed by atoms with Crippen LogP contribution in [0, 0.1) is 0 Å². The Balaban J connectivity index is 1.24. The van der Waals surface area contributed by atoms with Crippen LogP contribution in [0.1, 0.15) is 0 Å². The summed E-state index contributed by atoms with van der Waals surface area (Å²) in [6.45, 7) is 0. The Kier molecular flexibility index (Phi) is 7.14. The van der Waals surface area contributed by atoms with Crippen LogP contribution in [0.2, 0.25) is 0 Å². The van der Waals surface area contributed by atoms with Gasteiger partial charge in [0.1, 0.15) is 0 Å². The molecule has 0 N–H and O–H groups in total. The normalized spacial score (nSPS) is 11.5. The lowest BCUT2D eigenvalue weighted by atomic mass is 9.93. The van der Waals surface area contributed by atoms with Crippen LogP contribution in [-0.2, 0) is 0 Å². The molecule has 0 spiro atoms. The van der Waals surface area contributed by atoms with E-state index in [1.54, 1.807) is 0 Å². The van der Waals surface area contributed by atoms with Crippen molar-refractivity contribution in [3.8, 4) is 56.2 Å². The monoisotopic (exact) mass is 661 g/mol. The number of hydrogen-bond donors (Lipinski definition) is 0. The van der Waals surface area contributed by atoms with E-state index in [0.29, 0.717) is 0 Å². The lowest BCUT2D eigenvalue weighted by Gasteiger charge is -2.15. The predicted octanol–water partition coefficient (Wildman–Crippen LogP) is 12.8. The Morgan fingerprint density at radius 3 is 1.17 bits per heavy atom. The van der Waals surface area contributed by atoms with Gasteiger partial charge in [0.25, 0.3) is 0 Å². The molecule has 0 unspecified atom stereocenters. The molecule has 0 fully saturated rings. The Labute approximate surface area is 301 Å². The Morgan fingerprint density at radius 1 is 0.250 bits per heavy atom. The molecule has 0 aliphatic carbocycles. The van der Waals surface area contributed by atoms with Gasteiger partial charge in [0.05, 0.1) is 33.8 Å². The first kappa shape index (κ1) is 29.9. The molecule has 3 heteroatoms. The first-order valence-electron chi connectivity index (χ1n) is 17.6. The lowest BCUT2D eigenvalue weighted by Crippen LogP contribution is -1.94. The number of para-hydroxylation sites is 2. The summed E-state index contributed by atoms with van der Waals surface area (Å²) in [5, 5.41) is 6.96. The van der Waals surface area contributed by atoms with Gasteiger partial charge in [0.2, 0.25) is 0 Å². The second-order valence-electron chi connectivity index (χ2n) is 13.3. The van der Waals surface area contributed by atoms with Crippen LogP contribution in [0.5, 0.6) is 0 Å². The van der Waals surface area contributed by atoms with Crippen molar-refractivity contribution in [3.63, 3.8) is 0 Å². The van der Waals surface area contributed by atoms with Crippen molar-refractivity contribution in [2.75, 3.05) is 0 Å². The molecule has 7 aromatic carbocycles. The smallest absolute Gasteiger partial charge is 0.0721 e. The van der Waals surface area contributed by atoms with Crippen molar-refractivity contribution >= 4 is 43.4 Å². The zero-order valence-corrected chi connectivity index (χ0v) is 28.2. The van der Waals surface area contributed by atoms with Crippen molar-refractivity contribution in [3.05, 3.63) is 188 Å². The number of pyridine rings is 3. The fourth-order valence-corrected chi connectivity index (χ4v) is 7.41. The highest BCUT2D eigenvalue weighted by Gasteiger charge is 2.16. The average Bonchev–Trinajstić information content (AvgIpc) is 3.22. The van der Waals surface area contributed by atoms with Crippen LogP contribution in [-0.4, -0.2) is 15.0 Å². The Morgan fingerprint density at radius 2 is 0.654 bits per heavy atom. The SMILES string of the molecule is c1ccc2nc(-c3cc(-c4cc(-c5cccc6ccccc56)nc(-c5cccc6ccccc56)c4)cc(-c4ccc5ccccc5n4)c3)ccc2c1. The summed E-state index contributed by atoms with van der Waals surface area (Å²) >= 11 is 0. The van der Waals surface area contributed by atoms with Gasteiger partial charge in [-0.1, -0.05) is 133 Å². The van der Waals surface area contributed by atoms with E-state index in [1.165, 1.54) is 21.5 Å². The molecule has 3 nitrogen and oxygen atoms in total. The van der Waals surface area contributed by atoms with Crippen LogP contribution >= 0.6 is 0 Å². The number of nitrogens with zero attached hydrogens (tertiary/aromatic N) is 3. The van der Waals surface area contributed by atoms with Crippen LogP contribution in [0.15, 0.2) is 188 Å². The third-order valence-electron chi connectivity index (χ3n) is 10.0. The van der Waals surface area contributed by atoms with Crippen molar-refractivity contribution in [1.29, 1.82) is 0 Å². The Bertz CT molecular complexity index is 2770. The summed E-state index contributed by atoms with van der Waals surface area (Å²) in [5.41, 5.74) is 12.0. The largest absolute Gasteiger partial charge is 0.248 e. The van der Waals surface area contributed by atoms with Gasteiger partial charge < -0.3 is 0 Å². The molecule has 0 radical (unpaired) electrons. The molecular formula is C49H31N3. The van der Waals surface area contributed by atoms with Crippen LogP contribution < -0.4 is 0 Å². The fourth-order valence-electron chi connectivity index (χ4n) is 7.41. The van der Waals surface area contributed by atoms with Gasteiger partial charge in [-0.25, -0.2) is 15.0 Å². The van der Waals surface area contributed by atoms with Crippen molar-refractivity contribution in [2.45, 2.75) is 0 Å². The highest BCUT2D eigenvalue weighted by atomic mass is 14.7. The third-order valence-corrected chi connectivity index (χ3v) is 10.0. The minimum atomic E-state index is 0.917. The fraction of sp³-hybridized carbons (Fsp3) is 0. The van der Waals surface area contributed by atoms with Gasteiger partial charge in [-0.05, 0) is 87.3 Å². The average molecular weight is 662 g/mol. The zero-order chi connectivity index (χ0) is 34.4. The van der Waals surface area contributed by atoms with Crippen LogP contribution in [0.4, 0.5) is 0 Å². The van der Waals surface area contributed by atoms with E-state index in [2.05, 4.69) is 176 Å². The van der Waals surface area contributed by atoms with Gasteiger partial charge in [-0.3, -0.25) is 0 Å². The van der Waals surface area contributed by atoms with E-state index < -0.39 is 0 Å². The summed E-state index contributed by atoms with van der Waals surface area (Å²) in [6.07, 6.45) is 0. The van der Waals surface area contributed by atoms with Crippen molar-refractivity contribution in [1.82, 2.24) is 15.0 Å². The molecule has 3 heterocycles. The van der Waals surface area contributed by atoms with Crippen LogP contribution in [0.25, 0.3) is 99.5 Å². The molecule has 52 heavy (non-hydrogen) atoms. The molecule has 10 aromatic rings. The first-order chi connectivity index (χ1) is 25.7. The summed E-state index contributed by atoms with van der Waals surface area (Å²) in [5.74, 6) is 0. The molecular weight excluding hydrogens is 631 g/mol. The highest BCUT2D eigenvalue weighted by molar-refractivity contribution is 6.00. The molecule has 10 rings (SSSR count). The molecule has 0 amide bonds. The van der Waals surface area contributed by atoms with Gasteiger partial charge in [0, 0.05) is 33.0 Å². The minimum Gasteiger partial charge on any atom is -0.248 e. The van der Waals surface area contributed by atoms with Crippen molar-refractivity contribution in [2.24, 2.45) is 0 Å². The quantitative estimate of drug-likeness (QED) is 0.184. The summed E-state index contributed by atoms with van der Waals surface area (Å²) in [4.78, 5) is 15.7. The standard InChI is InChI=1S/C49H31N3/c1-5-17-40-32(11-1)15-9-19-42(40)48-30-37(31-49(52-48)43-20-10-16-33-12-2-6-18-41(33)43)36-27-38(46-25-23-34-13-3-7-21-44(34)50-46)29-39(28-36)47-26-24-35-14-4-8-22-45(35)51-47/h1-31H. The molecule has 0 saturated carbocycles. The van der Waals surface area contributed by atoms with E-state index in [4.69, 9.17) is 15.0 Å².